The molecule has 2 saturated heterocycles. The molecule has 3 atom stereocenters. The standard InChI is InChI=1S/C19H29N3O/c1-19(2,3)13-15-10-7-11-22(15)18(23)17-12-16(20-21-17)14-8-5-4-6-9-14/h4-6,8-9,15-17,20-21H,7,10-13H2,1-3H3. The fourth-order valence-corrected chi connectivity index (χ4v) is 3.87. The van der Waals surface area contributed by atoms with Crippen molar-refractivity contribution >= 4 is 5.91 Å². The van der Waals surface area contributed by atoms with Gasteiger partial charge in [-0.15, -0.1) is 0 Å². The molecule has 0 spiro atoms. The Morgan fingerprint density at radius 2 is 1.96 bits per heavy atom. The lowest BCUT2D eigenvalue weighted by Crippen LogP contribution is -2.48. The number of amides is 1. The van der Waals surface area contributed by atoms with Gasteiger partial charge in [0.1, 0.15) is 6.04 Å². The van der Waals surface area contributed by atoms with E-state index in [-0.39, 0.29) is 23.4 Å². The second-order valence-corrected chi connectivity index (χ2v) is 8.13. The van der Waals surface area contributed by atoms with Crippen molar-refractivity contribution in [3.63, 3.8) is 0 Å². The number of likely N-dealkylation sites (tertiary alicyclic amines) is 1. The smallest absolute Gasteiger partial charge is 0.241 e. The molecule has 0 saturated carbocycles. The molecule has 23 heavy (non-hydrogen) atoms. The summed E-state index contributed by atoms with van der Waals surface area (Å²) in [6.45, 7) is 7.69. The van der Waals surface area contributed by atoms with Crippen molar-refractivity contribution in [3.8, 4) is 0 Å². The highest BCUT2D eigenvalue weighted by atomic mass is 16.2. The van der Waals surface area contributed by atoms with E-state index in [0.29, 0.717) is 6.04 Å². The number of carbonyl (C=O) groups is 1. The van der Waals surface area contributed by atoms with Gasteiger partial charge in [-0.2, -0.15) is 0 Å². The van der Waals surface area contributed by atoms with Crippen molar-refractivity contribution in [1.29, 1.82) is 0 Å². The van der Waals surface area contributed by atoms with E-state index in [9.17, 15) is 4.79 Å². The first-order chi connectivity index (χ1) is 10.9. The minimum Gasteiger partial charge on any atom is -0.338 e. The van der Waals surface area contributed by atoms with Crippen LogP contribution in [0, 0.1) is 5.41 Å². The normalized spacial score (nSPS) is 28.3. The fourth-order valence-electron chi connectivity index (χ4n) is 3.87. The third kappa shape index (κ3) is 3.93. The largest absolute Gasteiger partial charge is 0.338 e. The van der Waals surface area contributed by atoms with E-state index < -0.39 is 0 Å². The molecule has 3 rings (SSSR count). The molecule has 3 unspecified atom stereocenters. The number of hydrogen-bond donors (Lipinski definition) is 2. The Morgan fingerprint density at radius 3 is 2.65 bits per heavy atom. The summed E-state index contributed by atoms with van der Waals surface area (Å²) >= 11 is 0. The van der Waals surface area contributed by atoms with Crippen LogP contribution in [-0.2, 0) is 4.79 Å². The number of hydrogen-bond acceptors (Lipinski definition) is 3. The highest BCUT2D eigenvalue weighted by Crippen LogP contribution is 2.31. The average molecular weight is 315 g/mol. The van der Waals surface area contributed by atoms with E-state index in [1.165, 1.54) is 5.56 Å². The van der Waals surface area contributed by atoms with Crippen molar-refractivity contribution in [2.45, 2.75) is 64.6 Å². The topological polar surface area (TPSA) is 44.4 Å². The van der Waals surface area contributed by atoms with Gasteiger partial charge in [0.15, 0.2) is 0 Å². The average Bonchev–Trinajstić information content (AvgIpc) is 3.15. The van der Waals surface area contributed by atoms with E-state index >= 15 is 0 Å². The molecular formula is C19H29N3O. The minimum absolute atomic E-state index is 0.110. The van der Waals surface area contributed by atoms with Crippen molar-refractivity contribution in [2.24, 2.45) is 5.41 Å². The summed E-state index contributed by atoms with van der Waals surface area (Å²) in [6.07, 6.45) is 4.18. The highest BCUT2D eigenvalue weighted by Gasteiger charge is 2.38. The first kappa shape index (κ1) is 16.5. The maximum atomic E-state index is 12.9. The zero-order valence-electron chi connectivity index (χ0n) is 14.5. The molecule has 2 aliphatic heterocycles. The lowest BCUT2D eigenvalue weighted by molar-refractivity contribution is -0.134. The predicted octanol–water partition coefficient (Wildman–Crippen LogP) is 3.02. The summed E-state index contributed by atoms with van der Waals surface area (Å²) in [5, 5.41) is 0. The summed E-state index contributed by atoms with van der Waals surface area (Å²) in [6, 6.07) is 10.9. The maximum Gasteiger partial charge on any atom is 0.241 e. The molecule has 1 aromatic rings. The van der Waals surface area contributed by atoms with Gasteiger partial charge in [-0.25, -0.2) is 10.9 Å². The first-order valence-corrected chi connectivity index (χ1v) is 8.80. The molecule has 1 amide bonds. The fraction of sp³-hybridized carbons (Fsp3) is 0.632. The summed E-state index contributed by atoms with van der Waals surface area (Å²) in [4.78, 5) is 15.1. The van der Waals surface area contributed by atoms with Gasteiger partial charge >= 0.3 is 0 Å². The van der Waals surface area contributed by atoms with Crippen LogP contribution in [0.5, 0.6) is 0 Å². The number of rotatable bonds is 3. The van der Waals surface area contributed by atoms with Gasteiger partial charge in [-0.3, -0.25) is 4.79 Å². The molecule has 2 N–H and O–H groups in total. The van der Waals surface area contributed by atoms with Gasteiger partial charge in [0.05, 0.1) is 0 Å². The molecule has 2 aliphatic rings. The van der Waals surface area contributed by atoms with E-state index in [2.05, 4.69) is 48.7 Å². The summed E-state index contributed by atoms with van der Waals surface area (Å²) in [5.41, 5.74) is 8.02. The maximum absolute atomic E-state index is 12.9. The molecule has 2 fully saturated rings. The second-order valence-electron chi connectivity index (χ2n) is 8.13. The lowest BCUT2D eigenvalue weighted by atomic mass is 9.87. The molecule has 4 heteroatoms. The molecule has 0 bridgehead atoms. The second kappa shape index (κ2) is 6.62. The Labute approximate surface area is 139 Å². The van der Waals surface area contributed by atoms with Crippen LogP contribution in [-0.4, -0.2) is 29.4 Å². The third-order valence-corrected chi connectivity index (χ3v) is 4.91. The molecule has 1 aromatic carbocycles. The van der Waals surface area contributed by atoms with Crippen molar-refractivity contribution in [2.75, 3.05) is 6.54 Å². The minimum atomic E-state index is -0.110. The Balaban J connectivity index is 1.62. The van der Waals surface area contributed by atoms with Gasteiger partial charge < -0.3 is 4.90 Å². The van der Waals surface area contributed by atoms with Gasteiger partial charge in [-0.05, 0) is 36.7 Å². The molecule has 4 nitrogen and oxygen atoms in total. The van der Waals surface area contributed by atoms with Crippen molar-refractivity contribution in [1.82, 2.24) is 15.8 Å². The SMILES string of the molecule is CC(C)(C)CC1CCCN1C(=O)C1CC(c2ccccc2)NN1. The first-order valence-electron chi connectivity index (χ1n) is 8.80. The van der Waals surface area contributed by atoms with Gasteiger partial charge in [0, 0.05) is 18.6 Å². The summed E-state index contributed by atoms with van der Waals surface area (Å²) in [5.74, 6) is 0.266. The number of nitrogens with zero attached hydrogens (tertiary/aromatic N) is 1. The Bertz CT molecular complexity index is 537. The van der Waals surface area contributed by atoms with Crippen LogP contribution in [0.2, 0.25) is 0 Å². The number of carbonyl (C=O) groups excluding carboxylic acids is 1. The lowest BCUT2D eigenvalue weighted by Gasteiger charge is -2.31. The third-order valence-electron chi connectivity index (χ3n) is 4.91. The Morgan fingerprint density at radius 1 is 1.22 bits per heavy atom. The van der Waals surface area contributed by atoms with E-state index in [4.69, 9.17) is 0 Å². The van der Waals surface area contributed by atoms with E-state index in [1.807, 2.05) is 18.2 Å². The van der Waals surface area contributed by atoms with Gasteiger partial charge in [0.25, 0.3) is 0 Å². The van der Waals surface area contributed by atoms with Crippen LogP contribution in [0.3, 0.4) is 0 Å². The molecular weight excluding hydrogens is 286 g/mol. The van der Waals surface area contributed by atoms with Crippen molar-refractivity contribution in [3.05, 3.63) is 35.9 Å². The molecule has 2 heterocycles. The Hall–Kier alpha value is -1.39. The van der Waals surface area contributed by atoms with E-state index in [1.54, 1.807) is 0 Å². The van der Waals surface area contributed by atoms with E-state index in [0.717, 1.165) is 32.2 Å². The van der Waals surface area contributed by atoms with Crippen LogP contribution in [0.4, 0.5) is 0 Å². The Kier molecular flexibility index (Phi) is 4.74. The zero-order chi connectivity index (χ0) is 16.4. The summed E-state index contributed by atoms with van der Waals surface area (Å²) in [7, 11) is 0. The van der Waals surface area contributed by atoms with Crippen molar-refractivity contribution < 1.29 is 4.79 Å². The number of hydrazine groups is 1. The molecule has 0 radical (unpaired) electrons. The molecule has 126 valence electrons. The summed E-state index contributed by atoms with van der Waals surface area (Å²) < 4.78 is 0. The quantitative estimate of drug-likeness (QED) is 0.901. The molecule has 0 aromatic heterocycles. The van der Waals surface area contributed by atoms with Crippen LogP contribution in [0.25, 0.3) is 0 Å². The number of benzene rings is 1. The van der Waals surface area contributed by atoms with Crippen LogP contribution >= 0.6 is 0 Å². The van der Waals surface area contributed by atoms with Crippen LogP contribution < -0.4 is 10.9 Å². The monoisotopic (exact) mass is 315 g/mol. The zero-order valence-corrected chi connectivity index (χ0v) is 14.5. The van der Waals surface area contributed by atoms with Gasteiger partial charge in [-0.1, -0.05) is 51.1 Å². The van der Waals surface area contributed by atoms with Gasteiger partial charge in [0.2, 0.25) is 5.91 Å². The number of nitrogens with one attached hydrogen (secondary N) is 2. The van der Waals surface area contributed by atoms with Crippen LogP contribution in [0.1, 0.15) is 58.1 Å². The predicted molar refractivity (Wildman–Crippen MR) is 92.7 cm³/mol. The van der Waals surface area contributed by atoms with Crippen LogP contribution in [0.15, 0.2) is 30.3 Å². The highest BCUT2D eigenvalue weighted by molar-refractivity contribution is 5.82. The molecule has 0 aliphatic carbocycles.